The number of nitro benzene ring substituents is 1. The first-order valence-corrected chi connectivity index (χ1v) is 7.13. The Kier molecular flexibility index (Phi) is 5.24. The summed E-state index contributed by atoms with van der Waals surface area (Å²) in [5.74, 6) is -0.711. The monoisotopic (exact) mass is 315 g/mol. The first kappa shape index (κ1) is 16.4. The zero-order valence-electron chi connectivity index (χ0n) is 12.9. The average Bonchev–Trinajstić information content (AvgIpc) is 2.54. The Hall–Kier alpha value is -2.96. The molecule has 0 saturated carbocycles. The Morgan fingerprint density at radius 2 is 2.17 bits per heavy atom. The minimum Gasteiger partial charge on any atom is -0.462 e. The molecule has 0 fully saturated rings. The number of aromatic nitrogens is 1. The lowest BCUT2D eigenvalue weighted by Crippen LogP contribution is -2.10. The third kappa shape index (κ3) is 4.03. The van der Waals surface area contributed by atoms with E-state index in [2.05, 4.69) is 10.3 Å². The van der Waals surface area contributed by atoms with E-state index in [1.54, 1.807) is 19.2 Å². The molecular weight excluding hydrogens is 298 g/mol. The number of esters is 1. The van der Waals surface area contributed by atoms with Crippen LogP contribution in [-0.2, 0) is 11.3 Å². The predicted octanol–water partition coefficient (Wildman–Crippen LogP) is 3.09. The number of hydrogen-bond acceptors (Lipinski definition) is 6. The highest BCUT2D eigenvalue weighted by molar-refractivity contribution is 5.95. The van der Waals surface area contributed by atoms with Crippen molar-refractivity contribution in [2.24, 2.45) is 0 Å². The molecule has 1 N–H and O–H groups in total. The van der Waals surface area contributed by atoms with Gasteiger partial charge < -0.3 is 10.1 Å². The minimum absolute atomic E-state index is 0.0698. The van der Waals surface area contributed by atoms with E-state index < -0.39 is 10.9 Å². The van der Waals surface area contributed by atoms with E-state index in [0.717, 1.165) is 11.3 Å². The first-order valence-electron chi connectivity index (χ1n) is 7.13. The molecule has 0 radical (unpaired) electrons. The Labute approximate surface area is 133 Å². The SMILES string of the molecule is CCOC(=O)c1cc(NCc2ncccc2C)ccc1[N+](=O)[O-]. The number of nitro groups is 1. The van der Waals surface area contributed by atoms with Crippen LogP contribution in [0.4, 0.5) is 11.4 Å². The molecule has 23 heavy (non-hydrogen) atoms. The third-order valence-electron chi connectivity index (χ3n) is 3.27. The molecule has 0 bridgehead atoms. The van der Waals surface area contributed by atoms with Gasteiger partial charge in [-0.05, 0) is 37.6 Å². The maximum Gasteiger partial charge on any atom is 0.345 e. The van der Waals surface area contributed by atoms with E-state index in [4.69, 9.17) is 4.74 Å². The molecule has 0 spiro atoms. The second kappa shape index (κ2) is 7.35. The van der Waals surface area contributed by atoms with Crippen molar-refractivity contribution in [2.75, 3.05) is 11.9 Å². The highest BCUT2D eigenvalue weighted by Gasteiger charge is 2.21. The predicted molar refractivity (Wildman–Crippen MR) is 85.4 cm³/mol. The van der Waals surface area contributed by atoms with Crippen LogP contribution in [0.15, 0.2) is 36.5 Å². The van der Waals surface area contributed by atoms with Gasteiger partial charge in [-0.3, -0.25) is 15.1 Å². The van der Waals surface area contributed by atoms with Crippen molar-refractivity contribution in [1.82, 2.24) is 4.98 Å². The smallest absolute Gasteiger partial charge is 0.345 e. The molecule has 0 aliphatic heterocycles. The molecule has 7 heteroatoms. The lowest BCUT2D eigenvalue weighted by Gasteiger charge is -2.10. The highest BCUT2D eigenvalue weighted by atomic mass is 16.6. The van der Waals surface area contributed by atoms with E-state index in [0.29, 0.717) is 12.2 Å². The van der Waals surface area contributed by atoms with Crippen molar-refractivity contribution in [1.29, 1.82) is 0 Å². The molecular formula is C16H17N3O4. The van der Waals surface area contributed by atoms with Crippen molar-refractivity contribution in [3.8, 4) is 0 Å². The van der Waals surface area contributed by atoms with Gasteiger partial charge in [0.05, 0.1) is 23.8 Å². The van der Waals surface area contributed by atoms with Gasteiger partial charge in [-0.15, -0.1) is 0 Å². The number of aryl methyl sites for hydroxylation is 1. The van der Waals surface area contributed by atoms with Gasteiger partial charge >= 0.3 is 5.97 Å². The topological polar surface area (TPSA) is 94.4 Å². The molecule has 120 valence electrons. The van der Waals surface area contributed by atoms with Crippen LogP contribution in [0.1, 0.15) is 28.5 Å². The first-order chi connectivity index (χ1) is 11.0. The fourth-order valence-electron chi connectivity index (χ4n) is 2.07. The van der Waals surface area contributed by atoms with Gasteiger partial charge in [-0.1, -0.05) is 6.07 Å². The summed E-state index contributed by atoms with van der Waals surface area (Å²) in [5, 5.41) is 14.1. The molecule has 1 aromatic carbocycles. The largest absolute Gasteiger partial charge is 0.462 e. The van der Waals surface area contributed by atoms with Crippen LogP contribution in [0, 0.1) is 17.0 Å². The molecule has 1 aromatic heterocycles. The van der Waals surface area contributed by atoms with E-state index in [9.17, 15) is 14.9 Å². The number of benzene rings is 1. The van der Waals surface area contributed by atoms with Gasteiger partial charge in [-0.25, -0.2) is 4.79 Å². The number of nitrogens with zero attached hydrogens (tertiary/aromatic N) is 2. The van der Waals surface area contributed by atoms with Crippen molar-refractivity contribution in [3.05, 3.63) is 63.5 Å². The number of carbonyl (C=O) groups is 1. The second-order valence-electron chi connectivity index (χ2n) is 4.83. The molecule has 0 aliphatic rings. The van der Waals surface area contributed by atoms with Crippen LogP contribution in [0.3, 0.4) is 0 Å². The quantitative estimate of drug-likeness (QED) is 0.500. The number of hydrogen-bond donors (Lipinski definition) is 1. The zero-order chi connectivity index (χ0) is 16.8. The Morgan fingerprint density at radius 1 is 1.39 bits per heavy atom. The molecule has 1 heterocycles. The Balaban J connectivity index is 2.23. The standard InChI is InChI=1S/C16H17N3O4/c1-3-23-16(20)13-9-12(6-7-15(13)19(21)22)18-10-14-11(2)5-4-8-17-14/h4-9,18H,3,10H2,1-2H3. The maximum absolute atomic E-state index is 11.9. The van der Waals surface area contributed by atoms with Crippen LogP contribution in [0.2, 0.25) is 0 Å². The summed E-state index contributed by atoms with van der Waals surface area (Å²) in [6.45, 7) is 4.20. The number of carbonyl (C=O) groups excluding carboxylic acids is 1. The van der Waals surface area contributed by atoms with Gasteiger partial charge in [0.1, 0.15) is 5.56 Å². The highest BCUT2D eigenvalue weighted by Crippen LogP contribution is 2.24. The molecule has 7 nitrogen and oxygen atoms in total. The summed E-state index contributed by atoms with van der Waals surface area (Å²) in [5.41, 5.74) is 2.14. The van der Waals surface area contributed by atoms with Gasteiger partial charge in [0.15, 0.2) is 0 Å². The lowest BCUT2D eigenvalue weighted by molar-refractivity contribution is -0.385. The van der Waals surface area contributed by atoms with Gasteiger partial charge in [0.2, 0.25) is 0 Å². The van der Waals surface area contributed by atoms with Crippen molar-refractivity contribution >= 4 is 17.3 Å². The van der Waals surface area contributed by atoms with E-state index in [-0.39, 0.29) is 17.9 Å². The van der Waals surface area contributed by atoms with Gasteiger partial charge in [0, 0.05) is 18.0 Å². The fraction of sp³-hybridized carbons (Fsp3) is 0.250. The number of ether oxygens (including phenoxy) is 1. The maximum atomic E-state index is 11.9. The molecule has 0 aliphatic carbocycles. The van der Waals surface area contributed by atoms with E-state index in [1.807, 2.05) is 19.1 Å². The summed E-state index contributed by atoms with van der Waals surface area (Å²) in [4.78, 5) is 26.6. The van der Waals surface area contributed by atoms with Gasteiger partial charge in [0.25, 0.3) is 5.69 Å². The van der Waals surface area contributed by atoms with Crippen LogP contribution in [0.5, 0.6) is 0 Å². The summed E-state index contributed by atoms with van der Waals surface area (Å²) in [7, 11) is 0. The van der Waals surface area contributed by atoms with E-state index >= 15 is 0 Å². The minimum atomic E-state index is -0.711. The van der Waals surface area contributed by atoms with Crippen molar-refractivity contribution in [2.45, 2.75) is 20.4 Å². The molecule has 2 rings (SSSR count). The Bertz CT molecular complexity index is 731. The van der Waals surface area contributed by atoms with Crippen LogP contribution >= 0.6 is 0 Å². The number of anilines is 1. The molecule has 0 amide bonds. The van der Waals surface area contributed by atoms with Crippen molar-refractivity contribution < 1.29 is 14.5 Å². The van der Waals surface area contributed by atoms with Crippen LogP contribution < -0.4 is 5.32 Å². The summed E-state index contributed by atoms with van der Waals surface area (Å²) < 4.78 is 4.87. The van der Waals surface area contributed by atoms with Crippen LogP contribution in [-0.4, -0.2) is 22.5 Å². The fourth-order valence-corrected chi connectivity index (χ4v) is 2.07. The number of nitrogens with one attached hydrogen (secondary N) is 1. The normalized spacial score (nSPS) is 10.2. The molecule has 0 saturated heterocycles. The van der Waals surface area contributed by atoms with Gasteiger partial charge in [-0.2, -0.15) is 0 Å². The average molecular weight is 315 g/mol. The zero-order valence-corrected chi connectivity index (χ0v) is 12.9. The lowest BCUT2D eigenvalue weighted by atomic mass is 10.1. The molecule has 2 aromatic rings. The third-order valence-corrected chi connectivity index (χ3v) is 3.27. The second-order valence-corrected chi connectivity index (χ2v) is 4.83. The van der Waals surface area contributed by atoms with Crippen molar-refractivity contribution in [3.63, 3.8) is 0 Å². The van der Waals surface area contributed by atoms with E-state index in [1.165, 1.54) is 12.1 Å². The summed E-state index contributed by atoms with van der Waals surface area (Å²) in [6.07, 6.45) is 1.70. The van der Waals surface area contributed by atoms with Crippen LogP contribution in [0.25, 0.3) is 0 Å². The summed E-state index contributed by atoms with van der Waals surface area (Å²) >= 11 is 0. The number of rotatable bonds is 6. The Morgan fingerprint density at radius 3 is 2.83 bits per heavy atom. The molecule has 0 atom stereocenters. The number of pyridine rings is 1. The molecule has 0 unspecified atom stereocenters. The summed E-state index contributed by atoms with van der Waals surface area (Å²) in [6, 6.07) is 8.07.